The lowest BCUT2D eigenvalue weighted by Gasteiger charge is -2.12. The van der Waals surface area contributed by atoms with Gasteiger partial charge in [0, 0.05) is 12.1 Å². The molecule has 0 saturated carbocycles. The Balaban J connectivity index is 2.15. The topological polar surface area (TPSA) is 43.8 Å². The molecule has 2 aromatic carbocycles. The van der Waals surface area contributed by atoms with Crippen LogP contribution in [0.5, 0.6) is 0 Å². The van der Waals surface area contributed by atoms with E-state index >= 15 is 0 Å². The Morgan fingerprint density at radius 3 is 2.47 bits per heavy atom. The fourth-order valence-corrected chi connectivity index (χ4v) is 2.23. The number of para-hydroxylation sites is 1. The molecule has 94 valence electrons. The first-order chi connectivity index (χ1) is 9.40. The molecule has 0 unspecified atom stereocenters. The van der Waals surface area contributed by atoms with E-state index in [0.29, 0.717) is 6.54 Å². The number of hydrogen-bond acceptors (Lipinski definition) is 2. The zero-order valence-corrected chi connectivity index (χ0v) is 10.5. The third-order valence-corrected chi connectivity index (χ3v) is 3.18. The standard InChI is InChI=1S/C16H15N3/c17-10-14-8-4-5-9-15(14)19-12-18-11-16(19)13-6-2-1-3-7-13/h1-9,11-12H,10,17H2. The SMILES string of the molecule is NCc1ccccc1-n1cncc1-c1ccccc1. The van der Waals surface area contributed by atoms with Crippen LogP contribution >= 0.6 is 0 Å². The van der Waals surface area contributed by atoms with Crippen LogP contribution in [-0.2, 0) is 6.54 Å². The molecule has 1 heterocycles. The molecule has 0 radical (unpaired) electrons. The van der Waals surface area contributed by atoms with E-state index in [1.54, 1.807) is 0 Å². The molecule has 0 bridgehead atoms. The van der Waals surface area contributed by atoms with Crippen molar-refractivity contribution in [2.75, 3.05) is 0 Å². The van der Waals surface area contributed by atoms with E-state index in [4.69, 9.17) is 5.73 Å². The van der Waals surface area contributed by atoms with Gasteiger partial charge in [0.05, 0.1) is 23.9 Å². The van der Waals surface area contributed by atoms with E-state index in [-0.39, 0.29) is 0 Å². The van der Waals surface area contributed by atoms with E-state index in [0.717, 1.165) is 22.5 Å². The third-order valence-electron chi connectivity index (χ3n) is 3.18. The lowest BCUT2D eigenvalue weighted by molar-refractivity contribution is 0.987. The Bertz CT molecular complexity index is 671. The van der Waals surface area contributed by atoms with Gasteiger partial charge in [-0.25, -0.2) is 4.98 Å². The van der Waals surface area contributed by atoms with Crippen LogP contribution in [0, 0.1) is 0 Å². The van der Waals surface area contributed by atoms with E-state index < -0.39 is 0 Å². The van der Waals surface area contributed by atoms with Gasteiger partial charge in [-0.05, 0) is 11.6 Å². The first kappa shape index (κ1) is 11.7. The summed E-state index contributed by atoms with van der Waals surface area (Å²) in [5.74, 6) is 0. The fourth-order valence-electron chi connectivity index (χ4n) is 2.23. The van der Waals surface area contributed by atoms with Crippen LogP contribution in [0.4, 0.5) is 0 Å². The molecule has 0 fully saturated rings. The number of aromatic nitrogens is 2. The molecule has 0 amide bonds. The quantitative estimate of drug-likeness (QED) is 0.775. The monoisotopic (exact) mass is 249 g/mol. The minimum absolute atomic E-state index is 0.516. The maximum Gasteiger partial charge on any atom is 0.0997 e. The van der Waals surface area contributed by atoms with E-state index in [1.807, 2.05) is 48.9 Å². The lowest BCUT2D eigenvalue weighted by Crippen LogP contribution is -2.04. The van der Waals surface area contributed by atoms with Crippen LogP contribution in [0.15, 0.2) is 67.1 Å². The van der Waals surface area contributed by atoms with E-state index in [9.17, 15) is 0 Å². The van der Waals surface area contributed by atoms with E-state index in [2.05, 4.69) is 27.8 Å². The van der Waals surface area contributed by atoms with Gasteiger partial charge in [0.2, 0.25) is 0 Å². The second kappa shape index (κ2) is 5.08. The Morgan fingerprint density at radius 1 is 0.947 bits per heavy atom. The van der Waals surface area contributed by atoms with Crippen molar-refractivity contribution in [3.8, 4) is 16.9 Å². The first-order valence-corrected chi connectivity index (χ1v) is 6.26. The lowest BCUT2D eigenvalue weighted by atomic mass is 10.1. The molecule has 3 heteroatoms. The van der Waals surface area contributed by atoms with Gasteiger partial charge in [-0.15, -0.1) is 0 Å². The van der Waals surface area contributed by atoms with Crippen molar-refractivity contribution >= 4 is 0 Å². The zero-order valence-electron chi connectivity index (χ0n) is 10.5. The molecule has 2 N–H and O–H groups in total. The summed E-state index contributed by atoms with van der Waals surface area (Å²) in [4.78, 5) is 4.27. The second-order valence-electron chi connectivity index (χ2n) is 4.35. The van der Waals surface area contributed by atoms with Gasteiger partial charge < -0.3 is 5.73 Å². The van der Waals surface area contributed by atoms with Gasteiger partial charge in [0.1, 0.15) is 0 Å². The van der Waals surface area contributed by atoms with Gasteiger partial charge in [-0.3, -0.25) is 4.57 Å². The number of rotatable bonds is 3. The largest absolute Gasteiger partial charge is 0.326 e. The molecule has 0 aliphatic rings. The van der Waals surface area contributed by atoms with Crippen LogP contribution < -0.4 is 5.73 Å². The molecule has 3 aromatic rings. The summed E-state index contributed by atoms with van der Waals surface area (Å²) in [5.41, 5.74) is 10.2. The molecule has 1 aromatic heterocycles. The molecule has 3 nitrogen and oxygen atoms in total. The molecular formula is C16H15N3. The van der Waals surface area contributed by atoms with Crippen molar-refractivity contribution in [1.29, 1.82) is 0 Å². The highest BCUT2D eigenvalue weighted by Gasteiger charge is 2.09. The Kier molecular flexibility index (Phi) is 3.12. The summed E-state index contributed by atoms with van der Waals surface area (Å²) in [5, 5.41) is 0. The highest BCUT2D eigenvalue weighted by atomic mass is 15.1. The van der Waals surface area contributed by atoms with Gasteiger partial charge in [-0.1, -0.05) is 48.5 Å². The average molecular weight is 249 g/mol. The van der Waals surface area contributed by atoms with Gasteiger partial charge in [-0.2, -0.15) is 0 Å². The molecule has 0 spiro atoms. The minimum atomic E-state index is 0.516. The third kappa shape index (κ3) is 2.16. The number of nitrogens with zero attached hydrogens (tertiary/aromatic N) is 2. The van der Waals surface area contributed by atoms with Crippen molar-refractivity contribution in [3.05, 3.63) is 72.7 Å². The van der Waals surface area contributed by atoms with Crippen LogP contribution in [0.1, 0.15) is 5.56 Å². The molecule has 0 saturated heterocycles. The number of hydrogen-bond donors (Lipinski definition) is 1. The molecular weight excluding hydrogens is 234 g/mol. The Morgan fingerprint density at radius 2 is 1.68 bits per heavy atom. The molecule has 0 aliphatic heterocycles. The van der Waals surface area contributed by atoms with Crippen LogP contribution in [-0.4, -0.2) is 9.55 Å². The smallest absolute Gasteiger partial charge is 0.0997 e. The minimum Gasteiger partial charge on any atom is -0.326 e. The van der Waals surface area contributed by atoms with Crippen molar-refractivity contribution in [2.24, 2.45) is 5.73 Å². The van der Waals surface area contributed by atoms with Gasteiger partial charge in [0.15, 0.2) is 0 Å². The predicted octanol–water partition coefficient (Wildman–Crippen LogP) is 3.00. The van der Waals surface area contributed by atoms with E-state index in [1.165, 1.54) is 0 Å². The highest BCUT2D eigenvalue weighted by molar-refractivity contribution is 5.62. The average Bonchev–Trinajstić information content (AvgIpc) is 2.97. The Labute approximate surface area is 112 Å². The predicted molar refractivity (Wildman–Crippen MR) is 76.9 cm³/mol. The maximum absolute atomic E-state index is 5.81. The van der Waals surface area contributed by atoms with Crippen molar-refractivity contribution in [2.45, 2.75) is 6.54 Å². The molecule has 3 rings (SSSR count). The van der Waals surface area contributed by atoms with Crippen molar-refractivity contribution in [1.82, 2.24) is 9.55 Å². The first-order valence-electron chi connectivity index (χ1n) is 6.26. The van der Waals surface area contributed by atoms with Gasteiger partial charge >= 0.3 is 0 Å². The summed E-state index contributed by atoms with van der Waals surface area (Å²) in [6, 6.07) is 18.4. The van der Waals surface area contributed by atoms with Crippen LogP contribution in [0.3, 0.4) is 0 Å². The van der Waals surface area contributed by atoms with Crippen molar-refractivity contribution < 1.29 is 0 Å². The Hall–Kier alpha value is -2.39. The number of nitrogens with two attached hydrogens (primary N) is 1. The summed E-state index contributed by atoms with van der Waals surface area (Å²) in [6.45, 7) is 0.516. The normalized spacial score (nSPS) is 10.6. The summed E-state index contributed by atoms with van der Waals surface area (Å²) in [6.07, 6.45) is 3.71. The molecule has 19 heavy (non-hydrogen) atoms. The zero-order chi connectivity index (χ0) is 13.1. The molecule has 0 atom stereocenters. The van der Waals surface area contributed by atoms with Gasteiger partial charge in [0.25, 0.3) is 0 Å². The fraction of sp³-hybridized carbons (Fsp3) is 0.0625. The number of imidazole rings is 1. The van der Waals surface area contributed by atoms with Crippen LogP contribution in [0.25, 0.3) is 16.9 Å². The maximum atomic E-state index is 5.81. The highest BCUT2D eigenvalue weighted by Crippen LogP contribution is 2.24. The second-order valence-corrected chi connectivity index (χ2v) is 4.35. The summed E-state index contributed by atoms with van der Waals surface area (Å²) >= 11 is 0. The van der Waals surface area contributed by atoms with Crippen LogP contribution in [0.2, 0.25) is 0 Å². The molecule has 0 aliphatic carbocycles. The van der Waals surface area contributed by atoms with Crippen molar-refractivity contribution in [3.63, 3.8) is 0 Å². The summed E-state index contributed by atoms with van der Waals surface area (Å²) < 4.78 is 2.08. The number of benzene rings is 2. The summed E-state index contributed by atoms with van der Waals surface area (Å²) in [7, 11) is 0.